The number of carbonyl (C=O) groups is 7. The average Bonchev–Trinajstić information content (AvgIpc) is 3.61. The number of nitrogens with one attached hydrogen (secondary N) is 7. The smallest absolute Gasteiger partial charge is 0.240 e. The predicted octanol–water partition coefficient (Wildman–Crippen LogP) is -3.25. The maximum atomic E-state index is 12.7. The van der Waals surface area contributed by atoms with Crippen molar-refractivity contribution in [1.82, 2.24) is 37.2 Å². The fourth-order valence-electron chi connectivity index (χ4n) is 7.91. The number of aliphatic imine (C=N–C) groups is 3. The number of primary amides is 3. The molecule has 472 valence electrons. The van der Waals surface area contributed by atoms with Gasteiger partial charge in [0.15, 0.2) is 23.7 Å². The first-order valence-corrected chi connectivity index (χ1v) is 27.6. The van der Waals surface area contributed by atoms with Crippen LogP contribution in [0.3, 0.4) is 0 Å². The lowest BCUT2D eigenvalue weighted by Gasteiger charge is -2.25. The molecule has 0 radical (unpaired) electrons. The van der Waals surface area contributed by atoms with Gasteiger partial charge in [0, 0.05) is 76.3 Å². The van der Waals surface area contributed by atoms with Crippen LogP contribution < -0.4 is 88.8 Å². The van der Waals surface area contributed by atoms with Gasteiger partial charge in [-0.3, -0.25) is 48.5 Å². The number of likely N-dealkylation sites (N-methyl/N-ethyl adjacent to an activating group) is 1. The molecule has 6 atom stereocenters. The van der Waals surface area contributed by atoms with E-state index in [9.17, 15) is 48.9 Å². The largest absolute Gasteiger partial charge is 0.508 e. The number of carbonyl (C=O) groups excluding carboxylic acids is 7. The lowest BCUT2D eigenvalue weighted by Crippen LogP contribution is -2.51. The molecule has 3 aromatic carbocycles. The van der Waals surface area contributed by atoms with E-state index in [2.05, 4.69) is 52.2 Å². The number of amides is 6. The van der Waals surface area contributed by atoms with E-state index in [1.807, 2.05) is 0 Å². The lowest BCUT2D eigenvalue weighted by atomic mass is 9.98. The highest BCUT2D eigenvalue weighted by molar-refractivity contribution is 5.90. The summed E-state index contributed by atoms with van der Waals surface area (Å²) in [4.78, 5) is 96.5. The van der Waals surface area contributed by atoms with E-state index in [4.69, 9.17) is 51.6 Å². The number of ketones is 1. The zero-order valence-electron chi connectivity index (χ0n) is 49.4. The number of phenols is 3. The lowest BCUT2D eigenvalue weighted by molar-refractivity contribution is -0.128. The first kappa shape index (κ1) is 74.2. The molecule has 0 fully saturated rings. The maximum Gasteiger partial charge on any atom is 0.240 e. The number of hydrogen-bond donors (Lipinski definition) is 19. The quantitative estimate of drug-likeness (QED) is 0.0153. The maximum absolute atomic E-state index is 12.7. The van der Waals surface area contributed by atoms with E-state index in [0.717, 1.165) is 29.5 Å². The molecule has 0 heterocycles. The van der Waals surface area contributed by atoms with Gasteiger partial charge >= 0.3 is 0 Å². The van der Waals surface area contributed by atoms with Crippen LogP contribution in [0.1, 0.15) is 88.3 Å². The fraction of sp³-hybridized carbons (Fsp3) is 0.500. The number of nitrogens with zero attached hydrogens (tertiary/aromatic N) is 3. The van der Waals surface area contributed by atoms with Gasteiger partial charge < -0.3 is 104 Å². The highest BCUT2D eigenvalue weighted by atomic mass is 16.3. The van der Waals surface area contributed by atoms with E-state index >= 15 is 0 Å². The van der Waals surface area contributed by atoms with Crippen molar-refractivity contribution in [3.63, 3.8) is 0 Å². The molecular formula is C56H93N19O10. The summed E-state index contributed by atoms with van der Waals surface area (Å²) in [5, 5.41) is 48.2. The van der Waals surface area contributed by atoms with Gasteiger partial charge in [0.25, 0.3) is 0 Å². The molecule has 0 aliphatic carbocycles. The van der Waals surface area contributed by atoms with E-state index in [1.165, 1.54) is 36.4 Å². The van der Waals surface area contributed by atoms with Crippen molar-refractivity contribution in [2.24, 2.45) is 66.6 Å². The predicted molar refractivity (Wildman–Crippen MR) is 328 cm³/mol. The molecule has 29 nitrogen and oxygen atoms in total. The monoisotopic (exact) mass is 1190 g/mol. The van der Waals surface area contributed by atoms with Crippen LogP contribution in [0.4, 0.5) is 0 Å². The Kier molecular flexibility index (Phi) is 35.3. The van der Waals surface area contributed by atoms with Gasteiger partial charge in [0.1, 0.15) is 35.4 Å². The topological polar surface area (TPSA) is 536 Å². The summed E-state index contributed by atoms with van der Waals surface area (Å²) in [5.41, 5.74) is 49.6. The number of phenolic OH excluding ortho intramolecular Hbond substituents is 3. The molecule has 0 aromatic heterocycles. The molecular weight excluding hydrogens is 1100 g/mol. The second kappa shape index (κ2) is 40.4. The van der Waals surface area contributed by atoms with Crippen LogP contribution in [0, 0.1) is 0 Å². The van der Waals surface area contributed by atoms with Crippen molar-refractivity contribution in [1.29, 1.82) is 0 Å². The second-order valence-electron chi connectivity index (χ2n) is 20.5. The third kappa shape index (κ3) is 34.4. The number of aromatic hydroxyl groups is 3. The van der Waals surface area contributed by atoms with Crippen LogP contribution in [0.5, 0.6) is 17.2 Å². The third-order valence-corrected chi connectivity index (χ3v) is 13.2. The van der Waals surface area contributed by atoms with Gasteiger partial charge in [-0.25, -0.2) is 0 Å². The Labute approximate surface area is 497 Å². The Morgan fingerprint density at radius 3 is 0.965 bits per heavy atom. The summed E-state index contributed by atoms with van der Waals surface area (Å²) < 4.78 is 0. The molecule has 0 saturated heterocycles. The summed E-state index contributed by atoms with van der Waals surface area (Å²) in [5.74, 6) is -2.42. The summed E-state index contributed by atoms with van der Waals surface area (Å²) in [6.45, 7) is 5.00. The highest BCUT2D eigenvalue weighted by Gasteiger charge is 2.27. The first-order chi connectivity index (χ1) is 40.1. The van der Waals surface area contributed by atoms with Crippen LogP contribution in [0.2, 0.25) is 0 Å². The number of Topliss-reactive ketones (excluding diaryl/α,β-unsaturated/α-hetero) is 1. The highest BCUT2D eigenvalue weighted by Crippen LogP contribution is 2.15. The number of guanidine groups is 3. The normalized spacial score (nSPS) is 12.9. The zero-order valence-corrected chi connectivity index (χ0v) is 49.4. The number of nitrogens with two attached hydrogens (primary N) is 9. The van der Waals surface area contributed by atoms with Gasteiger partial charge in [-0.2, -0.15) is 0 Å². The average molecular weight is 1190 g/mol. The second-order valence-corrected chi connectivity index (χ2v) is 20.5. The van der Waals surface area contributed by atoms with Crippen LogP contribution in [-0.2, 0) is 52.8 Å². The van der Waals surface area contributed by atoms with Crippen molar-refractivity contribution in [3.8, 4) is 17.2 Å². The molecule has 0 unspecified atom stereocenters. The molecule has 29 heteroatoms. The van der Waals surface area contributed by atoms with Crippen molar-refractivity contribution >= 4 is 59.1 Å². The Morgan fingerprint density at radius 1 is 0.447 bits per heavy atom. The number of benzene rings is 3. The molecule has 0 aliphatic heterocycles. The third-order valence-electron chi connectivity index (χ3n) is 13.2. The standard InChI is InChI=1S/C22H37N7O4.2C17H28N6O3/c1-22(2,26-3)18(31)13-28-15(5-4-10-27-21(24)25)12-19(32)29-17(20(23)33)11-14-6-8-16(30)9-7-14;2*1-21-12(3-2-8-22-17(19)20)10-15(25)23-14(16(18)26)9-11-4-6-13(24)7-5-11/h6-9,15,17,26,28,30H,4-5,10-13H2,1-3H3,(H2,23,33)(H,29,32)(H4,24,25,27);2*4-7,12,14,21,24H,2-3,8-10H2,1H3,(H2,18,26)(H,23,25)(H4,19,20,22)/t15-,17-;2*12-,14-/m000/s1. The van der Waals surface area contributed by atoms with Gasteiger partial charge in [0.05, 0.1) is 12.1 Å². The van der Waals surface area contributed by atoms with Crippen LogP contribution in [0.15, 0.2) is 87.8 Å². The van der Waals surface area contributed by atoms with Crippen molar-refractivity contribution < 1.29 is 48.9 Å². The van der Waals surface area contributed by atoms with Crippen molar-refractivity contribution in [3.05, 3.63) is 89.5 Å². The molecule has 3 aromatic rings. The van der Waals surface area contributed by atoms with Gasteiger partial charge in [-0.15, -0.1) is 0 Å². The molecule has 0 bridgehead atoms. The first-order valence-electron chi connectivity index (χ1n) is 27.6. The van der Waals surface area contributed by atoms with Crippen LogP contribution in [0.25, 0.3) is 0 Å². The van der Waals surface area contributed by atoms with E-state index in [0.29, 0.717) is 45.3 Å². The number of rotatable bonds is 37. The molecule has 28 N–H and O–H groups in total. The summed E-state index contributed by atoms with van der Waals surface area (Å²) in [7, 11) is 5.23. The SMILES string of the molecule is CNC(C)(C)C(=O)CN[C@@H](CCCN=C(N)N)CC(=O)N[C@@H](Cc1ccc(O)cc1)C(N)=O.CN[C@@H](CCCN=C(N)N)CC(=O)N[C@@H](Cc1ccc(O)cc1)C(N)=O.CN[C@@H](CCCN=C(N)N)CC(=O)N[C@@H](Cc1ccc(O)cc1)C(N)=O. The van der Waals surface area contributed by atoms with Crippen molar-refractivity contribution in [2.75, 3.05) is 47.3 Å². The van der Waals surface area contributed by atoms with Gasteiger partial charge in [0.2, 0.25) is 35.4 Å². The molecule has 0 saturated carbocycles. The zero-order chi connectivity index (χ0) is 64.1. The number of hydrogen-bond acceptors (Lipinski definition) is 17. The van der Waals surface area contributed by atoms with Crippen molar-refractivity contribution in [2.45, 2.75) is 133 Å². The van der Waals surface area contributed by atoms with E-state index in [-0.39, 0.29) is 122 Å². The molecule has 6 amide bonds. The van der Waals surface area contributed by atoms with Crippen LogP contribution >= 0.6 is 0 Å². The molecule has 85 heavy (non-hydrogen) atoms. The van der Waals surface area contributed by atoms with E-state index in [1.54, 1.807) is 71.4 Å². The van der Waals surface area contributed by atoms with E-state index < -0.39 is 41.4 Å². The summed E-state index contributed by atoms with van der Waals surface area (Å²) in [6.07, 6.45) is 5.16. The minimum atomic E-state index is -0.908. The Balaban J connectivity index is 0.000000644. The summed E-state index contributed by atoms with van der Waals surface area (Å²) in [6, 6.07) is 16.1. The Morgan fingerprint density at radius 2 is 0.718 bits per heavy atom. The van der Waals surface area contributed by atoms with Crippen LogP contribution in [-0.4, -0.2) is 164 Å². The van der Waals surface area contributed by atoms with Gasteiger partial charge in [-0.1, -0.05) is 36.4 Å². The molecule has 3 rings (SSSR count). The summed E-state index contributed by atoms with van der Waals surface area (Å²) >= 11 is 0. The Bertz CT molecular complexity index is 2500. The molecule has 0 aliphatic rings. The van der Waals surface area contributed by atoms with Gasteiger partial charge in [-0.05, 0) is 127 Å². The minimum absolute atomic E-state index is 0.0123. The fourth-order valence-corrected chi connectivity index (χ4v) is 7.91. The Hall–Kier alpha value is -8.80. The molecule has 0 spiro atoms. The minimum Gasteiger partial charge on any atom is -0.508 e.